The van der Waals surface area contributed by atoms with Crippen LogP contribution in [0.5, 0.6) is 17.4 Å². The monoisotopic (exact) mass is 463 g/mol. The Morgan fingerprint density at radius 2 is 1.88 bits per heavy atom. The van der Waals surface area contributed by atoms with E-state index in [1.165, 1.54) is 0 Å². The summed E-state index contributed by atoms with van der Waals surface area (Å²) >= 11 is 0. The van der Waals surface area contributed by atoms with Crippen molar-refractivity contribution in [2.24, 2.45) is 0 Å². The summed E-state index contributed by atoms with van der Waals surface area (Å²) in [4.78, 5) is 19.0. The second kappa shape index (κ2) is 10.8. The molecule has 0 saturated carbocycles. The minimum Gasteiger partial charge on any atom is -0.496 e. The number of aryl methyl sites for hydroxylation is 1. The van der Waals surface area contributed by atoms with Gasteiger partial charge in [-0.2, -0.15) is 0 Å². The molecule has 9 nitrogen and oxygen atoms in total. The molecule has 0 atom stereocenters. The first-order valence-electron chi connectivity index (χ1n) is 11.2. The van der Waals surface area contributed by atoms with Crippen molar-refractivity contribution in [3.8, 4) is 17.4 Å². The first-order chi connectivity index (χ1) is 16.6. The number of rotatable bonds is 8. The zero-order valence-corrected chi connectivity index (χ0v) is 19.7. The van der Waals surface area contributed by atoms with E-state index in [2.05, 4.69) is 25.4 Å². The van der Waals surface area contributed by atoms with Crippen LogP contribution in [0.3, 0.4) is 0 Å². The van der Waals surface area contributed by atoms with Crippen molar-refractivity contribution < 1.29 is 19.0 Å². The number of hydrogen-bond donors (Lipinski definition) is 1. The lowest BCUT2D eigenvalue weighted by molar-refractivity contribution is 0.0944. The van der Waals surface area contributed by atoms with E-state index in [0.29, 0.717) is 18.1 Å². The molecule has 3 heterocycles. The average molecular weight is 464 g/mol. The van der Waals surface area contributed by atoms with Crippen LogP contribution in [0.25, 0.3) is 0 Å². The number of carbonyl (C=O) groups is 1. The van der Waals surface area contributed by atoms with Crippen LogP contribution in [0.1, 0.15) is 34.5 Å². The van der Waals surface area contributed by atoms with Crippen molar-refractivity contribution in [2.75, 3.05) is 32.2 Å². The van der Waals surface area contributed by atoms with Gasteiger partial charge in [0, 0.05) is 44.1 Å². The Labute approximate surface area is 199 Å². The number of amides is 1. The summed E-state index contributed by atoms with van der Waals surface area (Å²) in [6.45, 7) is 3.89. The van der Waals surface area contributed by atoms with E-state index >= 15 is 0 Å². The molecular formula is C25H29N5O4. The second-order valence-electron chi connectivity index (χ2n) is 8.07. The summed E-state index contributed by atoms with van der Waals surface area (Å²) in [5.74, 6) is 2.56. The van der Waals surface area contributed by atoms with Crippen molar-refractivity contribution in [3.05, 3.63) is 65.5 Å². The number of pyridine rings is 1. The third kappa shape index (κ3) is 5.54. The van der Waals surface area contributed by atoms with Crippen molar-refractivity contribution in [1.29, 1.82) is 0 Å². The highest BCUT2D eigenvalue weighted by atomic mass is 16.5. The van der Waals surface area contributed by atoms with Crippen LogP contribution in [0, 0.1) is 6.92 Å². The predicted octanol–water partition coefficient (Wildman–Crippen LogP) is 3.18. The lowest BCUT2D eigenvalue weighted by Gasteiger charge is -2.33. The summed E-state index contributed by atoms with van der Waals surface area (Å²) in [5, 5.41) is 11.4. The molecule has 1 fully saturated rings. The van der Waals surface area contributed by atoms with Crippen molar-refractivity contribution >= 4 is 11.7 Å². The Morgan fingerprint density at radius 1 is 1.09 bits per heavy atom. The van der Waals surface area contributed by atoms with Gasteiger partial charge < -0.3 is 24.4 Å². The predicted molar refractivity (Wildman–Crippen MR) is 128 cm³/mol. The zero-order chi connectivity index (χ0) is 23.9. The number of para-hydroxylation sites is 1. The summed E-state index contributed by atoms with van der Waals surface area (Å²) in [6, 6.07) is 13.0. The van der Waals surface area contributed by atoms with Gasteiger partial charge in [0.25, 0.3) is 5.91 Å². The van der Waals surface area contributed by atoms with Crippen molar-refractivity contribution in [1.82, 2.24) is 20.5 Å². The van der Waals surface area contributed by atoms with Gasteiger partial charge >= 0.3 is 0 Å². The highest BCUT2D eigenvalue weighted by molar-refractivity contribution is 5.92. The molecule has 0 bridgehead atoms. The standard InChI is InChI=1S/C25H29N5O4/c1-17-14-21(25(31)27-15-18-6-4-5-7-22(18)32-2)28-29-24(17)30-12-10-19(11-13-30)34-20-8-9-23(33-3)26-16-20/h4-9,14,16,19H,10-13,15H2,1-3H3,(H,27,31). The van der Waals surface area contributed by atoms with Gasteiger partial charge in [0.1, 0.15) is 17.6 Å². The molecule has 178 valence electrons. The Bertz CT molecular complexity index is 1110. The van der Waals surface area contributed by atoms with E-state index in [9.17, 15) is 4.79 Å². The number of anilines is 1. The van der Waals surface area contributed by atoms with Crippen LogP contribution in [-0.4, -0.2) is 54.5 Å². The smallest absolute Gasteiger partial charge is 0.272 e. The van der Waals surface area contributed by atoms with Crippen LogP contribution in [0.15, 0.2) is 48.7 Å². The maximum absolute atomic E-state index is 12.6. The van der Waals surface area contributed by atoms with E-state index in [-0.39, 0.29) is 12.0 Å². The largest absolute Gasteiger partial charge is 0.496 e. The van der Waals surface area contributed by atoms with Gasteiger partial charge in [-0.05, 0) is 30.7 Å². The Kier molecular flexibility index (Phi) is 7.41. The second-order valence-corrected chi connectivity index (χ2v) is 8.07. The molecule has 34 heavy (non-hydrogen) atoms. The summed E-state index contributed by atoms with van der Waals surface area (Å²) in [6.07, 6.45) is 3.50. The molecule has 0 aliphatic carbocycles. The molecule has 1 saturated heterocycles. The number of nitrogens with zero attached hydrogens (tertiary/aromatic N) is 4. The van der Waals surface area contributed by atoms with Gasteiger partial charge in [0.15, 0.2) is 11.5 Å². The van der Waals surface area contributed by atoms with Crippen LogP contribution in [0.2, 0.25) is 0 Å². The quantitative estimate of drug-likeness (QED) is 0.544. The Morgan fingerprint density at radius 3 is 2.56 bits per heavy atom. The third-order valence-corrected chi connectivity index (χ3v) is 5.79. The van der Waals surface area contributed by atoms with E-state index in [1.54, 1.807) is 32.5 Å². The van der Waals surface area contributed by atoms with Crippen LogP contribution in [-0.2, 0) is 6.54 Å². The van der Waals surface area contributed by atoms with Crippen LogP contribution in [0.4, 0.5) is 5.82 Å². The van der Waals surface area contributed by atoms with Gasteiger partial charge in [-0.1, -0.05) is 18.2 Å². The fourth-order valence-corrected chi connectivity index (χ4v) is 3.95. The van der Waals surface area contributed by atoms with Crippen LogP contribution >= 0.6 is 0 Å². The number of carbonyl (C=O) groups excluding carboxylic acids is 1. The molecule has 0 spiro atoms. The Balaban J connectivity index is 1.31. The van der Waals surface area contributed by atoms with Crippen molar-refractivity contribution in [2.45, 2.75) is 32.4 Å². The molecule has 3 aromatic rings. The molecule has 0 unspecified atom stereocenters. The summed E-state index contributed by atoms with van der Waals surface area (Å²) in [5.41, 5.74) is 2.10. The normalized spacial score (nSPS) is 13.9. The fourth-order valence-electron chi connectivity index (χ4n) is 3.95. The highest BCUT2D eigenvalue weighted by Crippen LogP contribution is 2.24. The molecule has 4 rings (SSSR count). The SMILES string of the molecule is COc1ccc(OC2CCN(c3nnc(C(=O)NCc4ccccc4OC)cc3C)CC2)cn1. The molecule has 1 aliphatic heterocycles. The number of aromatic nitrogens is 3. The molecule has 1 aromatic carbocycles. The zero-order valence-electron chi connectivity index (χ0n) is 19.7. The molecule has 1 aliphatic rings. The molecular weight excluding hydrogens is 434 g/mol. The minimum absolute atomic E-state index is 0.111. The van der Waals surface area contributed by atoms with Gasteiger partial charge in [-0.25, -0.2) is 4.98 Å². The van der Waals surface area contributed by atoms with E-state index in [4.69, 9.17) is 14.2 Å². The highest BCUT2D eigenvalue weighted by Gasteiger charge is 2.24. The fraction of sp³-hybridized carbons (Fsp3) is 0.360. The van der Waals surface area contributed by atoms with E-state index < -0.39 is 0 Å². The first-order valence-corrected chi connectivity index (χ1v) is 11.2. The minimum atomic E-state index is -0.270. The molecule has 0 radical (unpaired) electrons. The number of piperidine rings is 1. The third-order valence-electron chi connectivity index (χ3n) is 5.79. The van der Waals surface area contributed by atoms with Crippen molar-refractivity contribution in [3.63, 3.8) is 0 Å². The number of ether oxygens (including phenoxy) is 3. The molecule has 2 aromatic heterocycles. The number of methoxy groups -OCH3 is 2. The van der Waals surface area contributed by atoms with Gasteiger partial charge in [0.05, 0.1) is 20.4 Å². The van der Waals surface area contributed by atoms with Crippen LogP contribution < -0.4 is 24.4 Å². The van der Waals surface area contributed by atoms with E-state index in [0.717, 1.165) is 54.4 Å². The summed E-state index contributed by atoms with van der Waals surface area (Å²) < 4.78 is 16.5. The topological polar surface area (TPSA) is 98.7 Å². The molecule has 1 N–H and O–H groups in total. The maximum atomic E-state index is 12.6. The van der Waals surface area contributed by atoms with E-state index in [1.807, 2.05) is 37.3 Å². The number of hydrogen-bond acceptors (Lipinski definition) is 8. The van der Waals surface area contributed by atoms with Gasteiger partial charge in [0.2, 0.25) is 5.88 Å². The number of nitrogens with one attached hydrogen (secondary N) is 1. The first kappa shape index (κ1) is 23.3. The molecule has 1 amide bonds. The summed E-state index contributed by atoms with van der Waals surface area (Å²) in [7, 11) is 3.20. The lowest BCUT2D eigenvalue weighted by atomic mass is 10.1. The lowest BCUT2D eigenvalue weighted by Crippen LogP contribution is -2.39. The van der Waals surface area contributed by atoms with Gasteiger partial charge in [-0.3, -0.25) is 4.79 Å². The molecule has 9 heteroatoms. The Hall–Kier alpha value is -3.88. The van der Waals surface area contributed by atoms with Gasteiger partial charge in [-0.15, -0.1) is 10.2 Å². The number of benzene rings is 1. The average Bonchev–Trinajstić information content (AvgIpc) is 2.88. The maximum Gasteiger partial charge on any atom is 0.272 e.